The number of nitrogens with zero attached hydrogens (tertiary/aromatic N) is 1. The molecule has 0 aromatic carbocycles. The molecule has 0 spiro atoms. The molecule has 1 N–H and O–H groups in total. The third-order valence-electron chi connectivity index (χ3n) is 2.65. The minimum atomic E-state index is -0.775. The highest BCUT2D eigenvalue weighted by Gasteiger charge is 2.27. The summed E-state index contributed by atoms with van der Waals surface area (Å²) in [6, 6.07) is 0. The molecule has 1 amide bonds. The van der Waals surface area contributed by atoms with Gasteiger partial charge >= 0.3 is 12.1 Å². The molecule has 1 aliphatic rings. The van der Waals surface area contributed by atoms with Crippen LogP contribution in [0.3, 0.4) is 0 Å². The summed E-state index contributed by atoms with van der Waals surface area (Å²) in [5.41, 5.74) is 0. The molecule has 92 valence electrons. The van der Waals surface area contributed by atoms with Gasteiger partial charge in [0.15, 0.2) is 0 Å². The molecule has 5 nitrogen and oxygen atoms in total. The summed E-state index contributed by atoms with van der Waals surface area (Å²) in [5, 5.41) is 8.56. The topological polar surface area (TPSA) is 66.8 Å². The number of aliphatic carboxylic acids is 1. The zero-order chi connectivity index (χ0) is 12.1. The van der Waals surface area contributed by atoms with Gasteiger partial charge in [-0.05, 0) is 32.6 Å². The predicted molar refractivity (Wildman–Crippen MR) is 58.2 cm³/mol. The Kier molecular flexibility index (Phi) is 4.58. The van der Waals surface area contributed by atoms with Gasteiger partial charge in [0.1, 0.15) is 0 Å². The number of amides is 1. The quantitative estimate of drug-likeness (QED) is 0.797. The first-order valence-electron chi connectivity index (χ1n) is 5.66. The van der Waals surface area contributed by atoms with Gasteiger partial charge in [-0.2, -0.15) is 0 Å². The van der Waals surface area contributed by atoms with Gasteiger partial charge in [-0.25, -0.2) is 4.79 Å². The Morgan fingerprint density at radius 3 is 2.75 bits per heavy atom. The van der Waals surface area contributed by atoms with Gasteiger partial charge in [-0.1, -0.05) is 0 Å². The van der Waals surface area contributed by atoms with Crippen molar-refractivity contribution in [2.75, 3.05) is 13.1 Å². The van der Waals surface area contributed by atoms with Crippen molar-refractivity contribution in [1.29, 1.82) is 0 Å². The second-order valence-electron chi connectivity index (χ2n) is 4.47. The Bertz CT molecular complexity index is 265. The zero-order valence-electron chi connectivity index (χ0n) is 9.81. The van der Waals surface area contributed by atoms with Crippen LogP contribution in [-0.2, 0) is 9.53 Å². The predicted octanol–water partition coefficient (Wildman–Crippen LogP) is 1.72. The fourth-order valence-corrected chi connectivity index (χ4v) is 1.84. The lowest BCUT2D eigenvalue weighted by atomic mass is 10.0. The van der Waals surface area contributed by atoms with Gasteiger partial charge < -0.3 is 14.7 Å². The Labute approximate surface area is 95.4 Å². The van der Waals surface area contributed by atoms with Gasteiger partial charge in [-0.15, -0.1) is 0 Å². The minimum absolute atomic E-state index is 0.106. The minimum Gasteiger partial charge on any atom is -0.481 e. The van der Waals surface area contributed by atoms with E-state index in [9.17, 15) is 9.59 Å². The Hall–Kier alpha value is -1.26. The number of hydrogen-bond donors (Lipinski definition) is 1. The van der Waals surface area contributed by atoms with Crippen molar-refractivity contribution in [1.82, 2.24) is 4.90 Å². The summed E-state index contributed by atoms with van der Waals surface area (Å²) in [7, 11) is 0. The standard InChI is InChI=1S/C11H19NO4/c1-8(2)16-11(15)12-6-5-9(7-12)3-4-10(13)14/h8-9H,3-7H2,1-2H3,(H,13,14). The van der Waals surface area contributed by atoms with Crippen molar-refractivity contribution >= 4 is 12.1 Å². The first-order chi connectivity index (χ1) is 7.49. The summed E-state index contributed by atoms with van der Waals surface area (Å²) in [6.45, 7) is 4.93. The molecule has 0 aromatic rings. The van der Waals surface area contributed by atoms with Crippen LogP contribution in [-0.4, -0.2) is 41.3 Å². The number of rotatable bonds is 4. The van der Waals surface area contributed by atoms with E-state index in [1.807, 2.05) is 13.8 Å². The number of hydrogen-bond acceptors (Lipinski definition) is 3. The number of carboxylic acid groups (broad SMARTS) is 1. The van der Waals surface area contributed by atoms with Crippen LogP contribution in [0.1, 0.15) is 33.1 Å². The molecule has 0 bridgehead atoms. The molecule has 1 fully saturated rings. The van der Waals surface area contributed by atoms with E-state index in [4.69, 9.17) is 9.84 Å². The first-order valence-corrected chi connectivity index (χ1v) is 5.66. The van der Waals surface area contributed by atoms with Gasteiger partial charge in [0.25, 0.3) is 0 Å². The van der Waals surface area contributed by atoms with Crippen LogP contribution in [0, 0.1) is 5.92 Å². The average molecular weight is 229 g/mol. The largest absolute Gasteiger partial charge is 0.481 e. The van der Waals surface area contributed by atoms with E-state index >= 15 is 0 Å². The van der Waals surface area contributed by atoms with Crippen LogP contribution in [0.15, 0.2) is 0 Å². The average Bonchev–Trinajstić information content (AvgIpc) is 2.61. The molecule has 1 atom stereocenters. The monoisotopic (exact) mass is 229 g/mol. The summed E-state index contributed by atoms with van der Waals surface area (Å²) < 4.78 is 5.08. The lowest BCUT2D eigenvalue weighted by Crippen LogP contribution is -2.31. The molecule has 0 radical (unpaired) electrons. The lowest BCUT2D eigenvalue weighted by molar-refractivity contribution is -0.137. The molecular formula is C11H19NO4. The number of carbonyl (C=O) groups excluding carboxylic acids is 1. The SMILES string of the molecule is CC(C)OC(=O)N1CCC(CCC(=O)O)C1. The Morgan fingerprint density at radius 1 is 1.50 bits per heavy atom. The van der Waals surface area contributed by atoms with E-state index < -0.39 is 5.97 Å². The van der Waals surface area contributed by atoms with E-state index in [0.29, 0.717) is 25.4 Å². The van der Waals surface area contributed by atoms with Crippen LogP contribution in [0.25, 0.3) is 0 Å². The molecule has 1 saturated heterocycles. The molecule has 1 rings (SSSR count). The molecule has 0 saturated carbocycles. The second kappa shape index (κ2) is 5.72. The molecule has 1 aliphatic heterocycles. The van der Waals surface area contributed by atoms with Crippen molar-refractivity contribution in [3.63, 3.8) is 0 Å². The van der Waals surface area contributed by atoms with Crippen LogP contribution in [0.4, 0.5) is 4.79 Å². The van der Waals surface area contributed by atoms with Crippen molar-refractivity contribution in [2.24, 2.45) is 5.92 Å². The Morgan fingerprint density at radius 2 is 2.19 bits per heavy atom. The summed E-state index contributed by atoms with van der Waals surface area (Å²) >= 11 is 0. The molecule has 16 heavy (non-hydrogen) atoms. The smallest absolute Gasteiger partial charge is 0.410 e. The van der Waals surface area contributed by atoms with Crippen molar-refractivity contribution in [3.8, 4) is 0 Å². The fourth-order valence-electron chi connectivity index (χ4n) is 1.84. The highest BCUT2D eigenvalue weighted by atomic mass is 16.6. The van der Waals surface area contributed by atoms with E-state index in [1.165, 1.54) is 0 Å². The van der Waals surface area contributed by atoms with E-state index in [-0.39, 0.29) is 18.6 Å². The van der Waals surface area contributed by atoms with Gasteiger partial charge in [-0.3, -0.25) is 4.79 Å². The second-order valence-corrected chi connectivity index (χ2v) is 4.47. The summed E-state index contributed by atoms with van der Waals surface area (Å²) in [6.07, 6.45) is 1.30. The van der Waals surface area contributed by atoms with E-state index in [2.05, 4.69) is 0 Å². The lowest BCUT2D eigenvalue weighted by Gasteiger charge is -2.17. The van der Waals surface area contributed by atoms with Crippen LogP contribution < -0.4 is 0 Å². The van der Waals surface area contributed by atoms with Crippen LogP contribution in [0.2, 0.25) is 0 Å². The number of ether oxygens (including phenoxy) is 1. The van der Waals surface area contributed by atoms with Gasteiger partial charge in [0, 0.05) is 19.5 Å². The third kappa shape index (κ3) is 4.08. The number of likely N-dealkylation sites (tertiary alicyclic amines) is 1. The summed E-state index contributed by atoms with van der Waals surface area (Å²) in [5.74, 6) is -0.473. The van der Waals surface area contributed by atoms with Crippen molar-refractivity contribution in [2.45, 2.75) is 39.2 Å². The third-order valence-corrected chi connectivity index (χ3v) is 2.65. The van der Waals surface area contributed by atoms with Crippen LogP contribution >= 0.6 is 0 Å². The maximum atomic E-state index is 11.5. The fraction of sp³-hybridized carbons (Fsp3) is 0.818. The van der Waals surface area contributed by atoms with E-state index in [1.54, 1.807) is 4.90 Å². The Balaban J connectivity index is 2.29. The van der Waals surface area contributed by atoms with Gasteiger partial charge in [0.2, 0.25) is 0 Å². The van der Waals surface area contributed by atoms with Crippen molar-refractivity contribution < 1.29 is 19.4 Å². The highest BCUT2D eigenvalue weighted by Crippen LogP contribution is 2.21. The zero-order valence-corrected chi connectivity index (χ0v) is 9.81. The molecule has 0 aromatic heterocycles. The molecule has 1 heterocycles. The molecule has 5 heteroatoms. The highest BCUT2D eigenvalue weighted by molar-refractivity contribution is 5.68. The molecule has 1 unspecified atom stereocenters. The molecular weight excluding hydrogens is 210 g/mol. The first kappa shape index (κ1) is 12.8. The number of carboxylic acids is 1. The maximum absolute atomic E-state index is 11.5. The summed E-state index contributed by atoms with van der Waals surface area (Å²) in [4.78, 5) is 23.6. The maximum Gasteiger partial charge on any atom is 0.410 e. The molecule has 0 aliphatic carbocycles. The van der Waals surface area contributed by atoms with Crippen molar-refractivity contribution in [3.05, 3.63) is 0 Å². The van der Waals surface area contributed by atoms with Gasteiger partial charge in [0.05, 0.1) is 6.10 Å². The van der Waals surface area contributed by atoms with E-state index in [0.717, 1.165) is 6.42 Å². The normalized spacial score (nSPS) is 20.2. The number of carbonyl (C=O) groups is 2. The van der Waals surface area contributed by atoms with Crippen LogP contribution in [0.5, 0.6) is 0 Å².